The molecule has 0 aliphatic rings. The Balaban J connectivity index is 0.00000338. The predicted molar refractivity (Wildman–Crippen MR) is 99.8 cm³/mol. The van der Waals surface area contributed by atoms with E-state index in [2.05, 4.69) is 4.90 Å². The van der Waals surface area contributed by atoms with Crippen molar-refractivity contribution < 1.29 is 47.6 Å². The van der Waals surface area contributed by atoms with Crippen molar-refractivity contribution in [3.8, 4) is 0 Å². The molecule has 0 aromatic heterocycles. The largest absolute Gasteiger partial charge is 1.00 e. The Bertz CT molecular complexity index is 703. The third-order valence-corrected chi connectivity index (χ3v) is 6.01. The summed E-state index contributed by atoms with van der Waals surface area (Å²) in [5, 5.41) is 10.3. The molecule has 0 spiro atoms. The Morgan fingerprint density at radius 3 is 1.81 bits per heavy atom. The Hall–Kier alpha value is -0.380. The van der Waals surface area contributed by atoms with Crippen LogP contribution in [0, 0.1) is 0 Å². The van der Waals surface area contributed by atoms with E-state index < -0.39 is 15.3 Å². The Labute approximate surface area is 181 Å². The smallest absolute Gasteiger partial charge is 0.739 e. The van der Waals surface area contributed by atoms with Gasteiger partial charge in [-0.15, -0.1) is 0 Å². The van der Waals surface area contributed by atoms with Crippen molar-refractivity contribution >= 4 is 19.9 Å². The number of aliphatic hydroxyl groups excluding tert-OH is 1. The van der Waals surface area contributed by atoms with E-state index in [4.69, 9.17) is 0 Å². The molecular weight excluding hydrogens is 381 g/mol. The van der Waals surface area contributed by atoms with Crippen molar-refractivity contribution in [2.24, 2.45) is 0 Å². The third kappa shape index (κ3) is 8.54. The van der Waals surface area contributed by atoms with Crippen LogP contribution in [0.15, 0.2) is 60.7 Å². The second-order valence-corrected chi connectivity index (χ2v) is 9.19. The van der Waals surface area contributed by atoms with Crippen LogP contribution in [-0.4, -0.2) is 40.9 Å². The molecule has 0 bridgehead atoms. The van der Waals surface area contributed by atoms with E-state index >= 15 is 0 Å². The first-order valence-electron chi connectivity index (χ1n) is 7.95. The van der Waals surface area contributed by atoms with E-state index in [1.165, 1.54) is 0 Å². The van der Waals surface area contributed by atoms with Crippen LogP contribution in [-0.2, 0) is 22.2 Å². The van der Waals surface area contributed by atoms with Gasteiger partial charge in [-0.25, -0.2) is 8.42 Å². The summed E-state index contributed by atoms with van der Waals surface area (Å²) in [4.78, 5) is 2.08. The fourth-order valence-electron chi connectivity index (χ4n) is 2.52. The van der Waals surface area contributed by atoms with Crippen LogP contribution in [0.25, 0.3) is 0 Å². The van der Waals surface area contributed by atoms with E-state index in [0.29, 0.717) is 13.1 Å². The van der Waals surface area contributed by atoms with Gasteiger partial charge in [0.15, 0.2) is 0 Å². The number of rotatable bonds is 9. The van der Waals surface area contributed by atoms with Crippen molar-refractivity contribution in [2.75, 3.05) is 5.75 Å². The van der Waals surface area contributed by atoms with Crippen molar-refractivity contribution in [1.29, 1.82) is 0 Å². The molecule has 0 aliphatic heterocycles. The van der Waals surface area contributed by atoms with Gasteiger partial charge in [-0.3, -0.25) is 4.90 Å². The van der Waals surface area contributed by atoms with Gasteiger partial charge in [0.05, 0.1) is 6.10 Å². The maximum Gasteiger partial charge on any atom is 1.00 e. The van der Waals surface area contributed by atoms with E-state index in [0.717, 1.165) is 11.1 Å². The summed E-state index contributed by atoms with van der Waals surface area (Å²) in [6, 6.07) is 19.4. The SMILES string of the molecule is C[C@@H]([C@H](O)CSS(=O)(=O)[O-])N(Cc1ccccc1)Cc1ccccc1.[Na+]. The van der Waals surface area contributed by atoms with Crippen molar-refractivity contribution in [3.05, 3.63) is 71.8 Å². The van der Waals surface area contributed by atoms with Gasteiger partial charge >= 0.3 is 29.6 Å². The molecule has 0 saturated carbocycles. The topological polar surface area (TPSA) is 80.7 Å². The molecule has 5 nitrogen and oxygen atoms in total. The van der Waals surface area contributed by atoms with Crippen molar-refractivity contribution in [1.82, 2.24) is 4.90 Å². The number of nitrogens with zero attached hydrogens (tertiary/aromatic N) is 1. The van der Waals surface area contributed by atoms with Crippen LogP contribution in [0.4, 0.5) is 0 Å². The molecule has 0 saturated heterocycles. The minimum Gasteiger partial charge on any atom is -0.739 e. The second-order valence-electron chi connectivity index (χ2n) is 5.88. The van der Waals surface area contributed by atoms with Gasteiger partial charge in [0.1, 0.15) is 9.15 Å². The monoisotopic (exact) mass is 403 g/mol. The molecule has 1 N–H and O–H groups in total. The summed E-state index contributed by atoms with van der Waals surface area (Å²) in [5.74, 6) is -0.146. The average molecular weight is 404 g/mol. The van der Waals surface area contributed by atoms with E-state index in [1.54, 1.807) is 0 Å². The van der Waals surface area contributed by atoms with Gasteiger partial charge in [-0.1, -0.05) is 60.7 Å². The summed E-state index contributed by atoms with van der Waals surface area (Å²) in [5.41, 5.74) is 2.20. The first kappa shape index (κ1) is 23.7. The summed E-state index contributed by atoms with van der Waals surface area (Å²) >= 11 is 0. The number of hydrogen-bond acceptors (Lipinski definition) is 6. The Morgan fingerprint density at radius 1 is 1.00 bits per heavy atom. The molecule has 0 heterocycles. The maximum atomic E-state index is 10.8. The zero-order chi connectivity index (χ0) is 18.3. The zero-order valence-electron chi connectivity index (χ0n) is 15.0. The first-order chi connectivity index (χ1) is 11.8. The summed E-state index contributed by atoms with van der Waals surface area (Å²) < 4.78 is 32.4. The predicted octanol–water partition coefficient (Wildman–Crippen LogP) is -0.364. The molecule has 0 fully saturated rings. The second kappa shape index (κ2) is 11.5. The Morgan fingerprint density at radius 2 is 1.42 bits per heavy atom. The van der Waals surface area contributed by atoms with E-state index in [1.807, 2.05) is 67.6 Å². The minimum atomic E-state index is -4.41. The first-order valence-corrected chi connectivity index (χ1v) is 10.9. The fourth-order valence-corrected chi connectivity index (χ4v) is 4.02. The normalized spacial score (nSPS) is 13.8. The molecule has 0 radical (unpaired) electrons. The van der Waals surface area contributed by atoms with Gasteiger partial charge < -0.3 is 9.66 Å². The number of aliphatic hydroxyl groups is 1. The molecule has 136 valence electrons. The van der Waals surface area contributed by atoms with Crippen LogP contribution >= 0.6 is 10.8 Å². The third-order valence-electron chi connectivity index (χ3n) is 3.97. The molecule has 8 heteroatoms. The molecule has 2 aromatic carbocycles. The van der Waals surface area contributed by atoms with Crippen LogP contribution < -0.4 is 29.6 Å². The van der Waals surface area contributed by atoms with Crippen molar-refractivity contribution in [3.63, 3.8) is 0 Å². The van der Waals surface area contributed by atoms with Gasteiger partial charge in [0, 0.05) is 24.9 Å². The minimum absolute atomic E-state index is 0. The molecule has 2 aromatic rings. The Kier molecular flexibility index (Phi) is 10.4. The van der Waals surface area contributed by atoms with Gasteiger partial charge in [0.25, 0.3) is 0 Å². The summed E-state index contributed by atoms with van der Waals surface area (Å²) in [6.45, 7) is 3.07. The average Bonchev–Trinajstić information content (AvgIpc) is 2.59. The number of benzene rings is 2. The number of hydrogen-bond donors (Lipinski definition) is 1. The molecule has 26 heavy (non-hydrogen) atoms. The molecule has 2 atom stereocenters. The quantitative estimate of drug-likeness (QED) is 0.350. The fraction of sp³-hybridized carbons (Fsp3) is 0.333. The molecule has 0 unspecified atom stereocenters. The van der Waals surface area contributed by atoms with Crippen molar-refractivity contribution in [2.45, 2.75) is 32.2 Å². The van der Waals surface area contributed by atoms with Gasteiger partial charge in [-0.05, 0) is 28.8 Å². The summed E-state index contributed by atoms with van der Waals surface area (Å²) in [6.07, 6.45) is -0.929. The molecule has 0 amide bonds. The van der Waals surface area contributed by atoms with E-state index in [9.17, 15) is 18.1 Å². The van der Waals surface area contributed by atoms with Crippen LogP contribution in [0.3, 0.4) is 0 Å². The van der Waals surface area contributed by atoms with Crippen LogP contribution in [0.2, 0.25) is 0 Å². The standard InChI is InChI=1S/C18H23NO4S2.Na/c1-15(18(20)14-24-25(21,22)23)19(12-16-8-4-2-5-9-16)13-17-10-6-3-7-11-17;/h2-11,15,18,20H,12-14H2,1H3,(H,21,22,23);/q;+1/p-1/t15-,18+;/m0./s1. The van der Waals surface area contributed by atoms with Gasteiger partial charge in [-0.2, -0.15) is 0 Å². The van der Waals surface area contributed by atoms with E-state index in [-0.39, 0.29) is 52.1 Å². The molecule has 2 rings (SSSR count). The molecular formula is C18H22NNaO4S2. The molecule has 0 aliphatic carbocycles. The zero-order valence-corrected chi connectivity index (χ0v) is 18.6. The van der Waals surface area contributed by atoms with Crippen LogP contribution in [0.1, 0.15) is 18.1 Å². The maximum absolute atomic E-state index is 10.8. The van der Waals surface area contributed by atoms with Gasteiger partial charge in [0.2, 0.25) is 0 Å². The summed E-state index contributed by atoms with van der Waals surface area (Å²) in [7, 11) is -4.17. The van der Waals surface area contributed by atoms with Crippen LogP contribution in [0.5, 0.6) is 0 Å².